The molecule has 1 unspecified atom stereocenters. The fourth-order valence-electron chi connectivity index (χ4n) is 4.18. The summed E-state index contributed by atoms with van der Waals surface area (Å²) >= 11 is 7.78. The molecule has 1 atom stereocenters. The molecule has 1 fully saturated rings. The largest absolute Gasteiger partial charge is 0.416 e. The standard InChI is InChI=1S/C26H24ClF3N2OS/c27-24-9-7-21(26(28,29)30)14-20(24)15-23(16-33)32-12-10-19(11-13-32)25-31-22(17-34-25)8-6-18-4-2-1-3-5-18/h1-9,14,16-17,19,23H,10-13,15H2. The minimum absolute atomic E-state index is 0.155. The molecule has 1 aliphatic rings. The highest BCUT2D eigenvalue weighted by atomic mass is 35.5. The van der Waals surface area contributed by atoms with Gasteiger partial charge in [-0.2, -0.15) is 13.2 Å². The Balaban J connectivity index is 1.36. The Morgan fingerprint density at radius 1 is 1.12 bits per heavy atom. The predicted molar refractivity (Wildman–Crippen MR) is 131 cm³/mol. The molecule has 2 aromatic carbocycles. The van der Waals surface area contributed by atoms with Crippen LogP contribution in [0, 0.1) is 0 Å². The number of thiazole rings is 1. The second-order valence-electron chi connectivity index (χ2n) is 8.38. The van der Waals surface area contributed by atoms with Gasteiger partial charge in [0.15, 0.2) is 0 Å². The summed E-state index contributed by atoms with van der Waals surface area (Å²) in [5.74, 6) is 0.310. The van der Waals surface area contributed by atoms with E-state index in [-0.39, 0.29) is 11.4 Å². The molecule has 1 aliphatic heterocycles. The van der Waals surface area contributed by atoms with E-state index in [0.717, 1.165) is 47.5 Å². The van der Waals surface area contributed by atoms with E-state index < -0.39 is 17.8 Å². The molecule has 1 saturated heterocycles. The number of halogens is 4. The van der Waals surface area contributed by atoms with Crippen molar-refractivity contribution in [2.24, 2.45) is 0 Å². The van der Waals surface area contributed by atoms with Crippen LogP contribution in [0.2, 0.25) is 5.02 Å². The maximum atomic E-state index is 13.1. The first-order chi connectivity index (χ1) is 16.3. The zero-order chi connectivity index (χ0) is 24.1. The molecule has 0 spiro atoms. The highest BCUT2D eigenvalue weighted by Gasteiger charge is 2.32. The molecule has 3 nitrogen and oxygen atoms in total. The number of carbonyl (C=O) groups is 1. The van der Waals surface area contributed by atoms with Crippen LogP contribution < -0.4 is 0 Å². The topological polar surface area (TPSA) is 33.2 Å². The van der Waals surface area contributed by atoms with Gasteiger partial charge < -0.3 is 4.79 Å². The van der Waals surface area contributed by atoms with E-state index in [9.17, 15) is 18.0 Å². The number of benzene rings is 2. The summed E-state index contributed by atoms with van der Waals surface area (Å²) in [7, 11) is 0. The lowest BCUT2D eigenvalue weighted by Gasteiger charge is -2.34. The summed E-state index contributed by atoms with van der Waals surface area (Å²) in [5, 5.41) is 3.37. The fraction of sp³-hybridized carbons (Fsp3) is 0.308. The first-order valence-corrected chi connectivity index (χ1v) is 12.3. The maximum absolute atomic E-state index is 13.1. The SMILES string of the molecule is O=CC(Cc1cc(C(F)(F)F)ccc1Cl)N1CCC(c2nc(C=Cc3ccccc3)cs2)CC1. The average molecular weight is 505 g/mol. The van der Waals surface area contributed by atoms with E-state index in [1.807, 2.05) is 52.8 Å². The van der Waals surface area contributed by atoms with Crippen molar-refractivity contribution in [1.82, 2.24) is 9.88 Å². The highest BCUT2D eigenvalue weighted by Crippen LogP contribution is 2.34. The van der Waals surface area contributed by atoms with Crippen LogP contribution in [0.1, 0.15) is 46.2 Å². The van der Waals surface area contributed by atoms with Crippen LogP contribution >= 0.6 is 22.9 Å². The van der Waals surface area contributed by atoms with Crippen molar-refractivity contribution in [1.29, 1.82) is 0 Å². The summed E-state index contributed by atoms with van der Waals surface area (Å²) in [6, 6.07) is 12.8. The van der Waals surface area contributed by atoms with Gasteiger partial charge in [-0.3, -0.25) is 4.90 Å². The van der Waals surface area contributed by atoms with Crippen molar-refractivity contribution in [2.45, 2.75) is 37.4 Å². The van der Waals surface area contributed by atoms with Crippen molar-refractivity contribution in [3.05, 3.63) is 86.3 Å². The second kappa shape index (κ2) is 10.8. The Morgan fingerprint density at radius 2 is 1.85 bits per heavy atom. The third-order valence-electron chi connectivity index (χ3n) is 6.09. The third kappa shape index (κ3) is 6.14. The van der Waals surface area contributed by atoms with Crippen molar-refractivity contribution < 1.29 is 18.0 Å². The van der Waals surface area contributed by atoms with Gasteiger partial charge in [-0.1, -0.05) is 48.0 Å². The molecule has 0 bridgehead atoms. The Hall–Kier alpha value is -2.48. The van der Waals surface area contributed by atoms with E-state index in [1.165, 1.54) is 6.07 Å². The van der Waals surface area contributed by atoms with E-state index in [0.29, 0.717) is 24.6 Å². The van der Waals surface area contributed by atoms with Crippen LogP contribution in [0.25, 0.3) is 12.2 Å². The Morgan fingerprint density at radius 3 is 2.53 bits per heavy atom. The maximum Gasteiger partial charge on any atom is 0.416 e. The van der Waals surface area contributed by atoms with Crippen LogP contribution in [0.3, 0.4) is 0 Å². The van der Waals surface area contributed by atoms with Crippen LogP contribution in [-0.2, 0) is 17.4 Å². The molecule has 178 valence electrons. The first-order valence-electron chi connectivity index (χ1n) is 11.1. The van der Waals surface area contributed by atoms with Gasteiger partial charge in [0.05, 0.1) is 22.3 Å². The summed E-state index contributed by atoms with van der Waals surface area (Å²) in [6.07, 6.45) is 2.25. The van der Waals surface area contributed by atoms with Crippen molar-refractivity contribution in [3.8, 4) is 0 Å². The summed E-state index contributed by atoms with van der Waals surface area (Å²) < 4.78 is 39.2. The van der Waals surface area contributed by atoms with E-state index in [2.05, 4.69) is 0 Å². The Labute approximate surface area is 205 Å². The molecule has 4 rings (SSSR count). The van der Waals surface area contributed by atoms with Gasteiger partial charge in [0.25, 0.3) is 0 Å². The molecule has 0 amide bonds. The lowest BCUT2D eigenvalue weighted by atomic mass is 9.94. The summed E-state index contributed by atoms with van der Waals surface area (Å²) in [5.41, 5.74) is 1.63. The van der Waals surface area contributed by atoms with Crippen LogP contribution in [0.15, 0.2) is 53.9 Å². The number of hydrogen-bond donors (Lipinski definition) is 0. The number of nitrogens with zero attached hydrogens (tertiary/aromatic N) is 2. The van der Waals surface area contributed by atoms with Gasteiger partial charge in [0.2, 0.25) is 0 Å². The van der Waals surface area contributed by atoms with Crippen molar-refractivity contribution in [2.75, 3.05) is 13.1 Å². The van der Waals surface area contributed by atoms with Gasteiger partial charge in [-0.05, 0) is 67.8 Å². The van der Waals surface area contributed by atoms with Crippen LogP contribution in [0.4, 0.5) is 13.2 Å². The van der Waals surface area contributed by atoms with Gasteiger partial charge in [-0.25, -0.2) is 4.98 Å². The molecule has 8 heteroatoms. The Kier molecular flexibility index (Phi) is 7.86. The van der Waals surface area contributed by atoms with E-state index in [4.69, 9.17) is 16.6 Å². The lowest BCUT2D eigenvalue weighted by Crippen LogP contribution is -2.43. The number of aldehydes is 1. The van der Waals surface area contributed by atoms with Crippen molar-refractivity contribution in [3.63, 3.8) is 0 Å². The second-order valence-corrected chi connectivity index (χ2v) is 9.67. The first kappa shape index (κ1) is 24.6. The number of alkyl halides is 3. The molecule has 0 N–H and O–H groups in total. The minimum atomic E-state index is -4.45. The number of rotatable bonds is 7. The molecule has 34 heavy (non-hydrogen) atoms. The number of piperidine rings is 1. The van der Waals surface area contributed by atoms with Gasteiger partial charge in [0.1, 0.15) is 6.29 Å². The number of likely N-dealkylation sites (tertiary alicyclic amines) is 1. The van der Waals surface area contributed by atoms with E-state index in [1.54, 1.807) is 11.3 Å². The smallest absolute Gasteiger partial charge is 0.302 e. The number of carbonyl (C=O) groups excluding carboxylic acids is 1. The van der Waals surface area contributed by atoms with Crippen LogP contribution in [-0.4, -0.2) is 35.3 Å². The van der Waals surface area contributed by atoms with Crippen molar-refractivity contribution >= 4 is 41.4 Å². The number of aromatic nitrogens is 1. The molecule has 1 aromatic heterocycles. The summed E-state index contributed by atoms with van der Waals surface area (Å²) in [4.78, 5) is 18.6. The molecule has 0 saturated carbocycles. The molecule has 2 heterocycles. The average Bonchev–Trinajstić information content (AvgIpc) is 3.31. The monoisotopic (exact) mass is 504 g/mol. The molecular formula is C26H24ClF3N2OS. The zero-order valence-electron chi connectivity index (χ0n) is 18.3. The highest BCUT2D eigenvalue weighted by molar-refractivity contribution is 7.09. The Bertz CT molecular complexity index is 1140. The third-order valence-corrected chi connectivity index (χ3v) is 7.49. The summed E-state index contributed by atoms with van der Waals surface area (Å²) in [6.45, 7) is 1.36. The fourth-order valence-corrected chi connectivity index (χ4v) is 5.34. The zero-order valence-corrected chi connectivity index (χ0v) is 19.9. The van der Waals surface area contributed by atoms with Crippen LogP contribution in [0.5, 0.6) is 0 Å². The van der Waals surface area contributed by atoms with Gasteiger partial charge >= 0.3 is 6.18 Å². The number of hydrogen-bond acceptors (Lipinski definition) is 4. The molecule has 0 aliphatic carbocycles. The normalized spacial score (nSPS) is 16.7. The van der Waals surface area contributed by atoms with Gasteiger partial charge in [0, 0.05) is 16.3 Å². The minimum Gasteiger partial charge on any atom is -0.302 e. The molecular weight excluding hydrogens is 481 g/mol. The quantitative estimate of drug-likeness (QED) is 0.325. The molecule has 0 radical (unpaired) electrons. The molecule has 3 aromatic rings. The predicted octanol–water partition coefficient (Wildman–Crippen LogP) is 6.98. The van der Waals surface area contributed by atoms with E-state index >= 15 is 0 Å². The van der Waals surface area contributed by atoms with Gasteiger partial charge in [-0.15, -0.1) is 11.3 Å². The lowest BCUT2D eigenvalue weighted by molar-refractivity contribution is -0.137.